The van der Waals surface area contributed by atoms with Crippen molar-refractivity contribution < 1.29 is 27.5 Å². The molecule has 2 aromatic carbocycles. The molecule has 13 heteroatoms. The Hall–Kier alpha value is -3.68. The zero-order valence-corrected chi connectivity index (χ0v) is 19.3. The van der Waals surface area contributed by atoms with Crippen LogP contribution in [0.4, 0.5) is 15.8 Å². The average molecular weight is 503 g/mol. The molecule has 2 heterocycles. The second kappa shape index (κ2) is 9.90. The fourth-order valence-electron chi connectivity index (χ4n) is 3.89. The molecule has 1 aliphatic rings. The van der Waals surface area contributed by atoms with E-state index in [0.717, 1.165) is 0 Å². The zero-order chi connectivity index (χ0) is 25.2. The summed E-state index contributed by atoms with van der Waals surface area (Å²) in [5.74, 6) is -1.92. The van der Waals surface area contributed by atoms with Crippen LogP contribution in [0.2, 0.25) is 0 Å². The van der Waals surface area contributed by atoms with Gasteiger partial charge in [-0.05, 0) is 68.4 Å². The van der Waals surface area contributed by atoms with Gasteiger partial charge in [0.1, 0.15) is 5.82 Å². The highest BCUT2D eigenvalue weighted by atomic mass is 32.2. The number of likely N-dealkylation sites (tertiary alicyclic amines) is 1. The van der Waals surface area contributed by atoms with Crippen LogP contribution in [-0.4, -0.2) is 54.9 Å². The van der Waals surface area contributed by atoms with Gasteiger partial charge in [-0.3, -0.25) is 14.5 Å². The second-order valence-corrected chi connectivity index (χ2v) is 9.78. The minimum atomic E-state index is -3.81. The highest BCUT2D eigenvalue weighted by Gasteiger charge is 2.26. The maximum atomic E-state index is 13.5. The van der Waals surface area contributed by atoms with Crippen molar-refractivity contribution in [1.82, 2.24) is 9.88 Å². The third-order valence-electron chi connectivity index (χ3n) is 5.73. The number of halogens is 1. The predicted octanol–water partition coefficient (Wildman–Crippen LogP) is 2.62. The quantitative estimate of drug-likeness (QED) is 0.378. The number of anilines is 1. The van der Waals surface area contributed by atoms with Gasteiger partial charge in [-0.25, -0.2) is 17.9 Å². The molecule has 0 unspecified atom stereocenters. The van der Waals surface area contributed by atoms with Crippen molar-refractivity contribution >= 4 is 44.1 Å². The van der Waals surface area contributed by atoms with Crippen LogP contribution in [0.1, 0.15) is 12.8 Å². The van der Waals surface area contributed by atoms with Gasteiger partial charge in [-0.1, -0.05) is 0 Å². The third-order valence-corrected chi connectivity index (χ3v) is 6.66. The Labute approximate surface area is 199 Å². The molecule has 11 nitrogen and oxygen atoms in total. The van der Waals surface area contributed by atoms with Crippen molar-refractivity contribution in [2.75, 3.05) is 25.0 Å². The van der Waals surface area contributed by atoms with E-state index in [4.69, 9.17) is 5.14 Å². The Morgan fingerprint density at radius 1 is 1.17 bits per heavy atom. The van der Waals surface area contributed by atoms with E-state index in [2.05, 4.69) is 20.5 Å². The van der Waals surface area contributed by atoms with Crippen LogP contribution >= 0.6 is 0 Å². The van der Waals surface area contributed by atoms with Crippen molar-refractivity contribution in [1.29, 1.82) is 0 Å². The number of hydrogen-bond acceptors (Lipinski definition) is 7. The molecule has 2 amide bonds. The minimum Gasteiger partial charge on any atom is -0.493 e. The van der Waals surface area contributed by atoms with Crippen LogP contribution < -0.4 is 10.5 Å². The number of carbonyl (C=O) groups is 2. The molecule has 184 valence electrons. The molecule has 0 atom stereocenters. The van der Waals surface area contributed by atoms with Crippen LogP contribution in [-0.2, 0) is 19.6 Å². The Bertz CT molecular complexity index is 1400. The van der Waals surface area contributed by atoms with Crippen molar-refractivity contribution in [3.05, 3.63) is 48.3 Å². The van der Waals surface area contributed by atoms with Crippen LogP contribution in [0.15, 0.2) is 57.6 Å². The first-order chi connectivity index (χ1) is 16.6. The van der Waals surface area contributed by atoms with Gasteiger partial charge in [-0.2, -0.15) is 0 Å². The number of aromatic nitrogens is 1. The molecule has 0 radical (unpaired) electrons. The number of benzene rings is 2. The second-order valence-electron chi connectivity index (χ2n) is 8.22. The standard InChI is InChI=1S/C22H23FN6O5S/c23-14-1-6-18-17(11-14)20(22(32)26-18)27-28-21(31)13-7-9-29(10-8-13)12-19(30)25-15-2-4-16(5-3-15)35(24,33)34/h1-6,11,13,26,32H,7-10,12H2,(H,25,30)(H2,24,33,34). The molecule has 35 heavy (non-hydrogen) atoms. The summed E-state index contributed by atoms with van der Waals surface area (Å²) in [6, 6.07) is 9.41. The molecule has 0 bridgehead atoms. The lowest BCUT2D eigenvalue weighted by atomic mass is 9.96. The van der Waals surface area contributed by atoms with Crippen LogP contribution in [0, 0.1) is 11.7 Å². The first-order valence-corrected chi connectivity index (χ1v) is 12.3. The summed E-state index contributed by atoms with van der Waals surface area (Å²) < 4.78 is 36.1. The molecule has 1 aromatic heterocycles. The number of aromatic hydroxyl groups is 1. The number of azo groups is 1. The van der Waals surface area contributed by atoms with Gasteiger partial charge in [-0.15, -0.1) is 10.2 Å². The molecule has 4 rings (SSSR count). The smallest absolute Gasteiger partial charge is 0.267 e. The maximum Gasteiger partial charge on any atom is 0.267 e. The SMILES string of the molecule is NS(=O)(=O)c1ccc(NC(=O)CN2CCC(C(=O)N=Nc3c(O)[nH]c4ccc(F)cc34)CC2)cc1. The highest BCUT2D eigenvalue weighted by Crippen LogP contribution is 2.36. The molecule has 5 N–H and O–H groups in total. The normalized spacial score (nSPS) is 15.6. The van der Waals surface area contributed by atoms with Gasteiger partial charge >= 0.3 is 0 Å². The lowest BCUT2D eigenvalue weighted by Crippen LogP contribution is -2.40. The summed E-state index contributed by atoms with van der Waals surface area (Å²) in [6.45, 7) is 1.09. The van der Waals surface area contributed by atoms with E-state index in [1.807, 2.05) is 4.90 Å². The first kappa shape index (κ1) is 24.4. The topological polar surface area (TPSA) is 170 Å². The summed E-state index contributed by atoms with van der Waals surface area (Å²) in [5.41, 5.74) is 0.907. The molecule has 1 fully saturated rings. The molecule has 0 aliphatic carbocycles. The molecule has 3 aromatic rings. The number of sulfonamides is 1. The van der Waals surface area contributed by atoms with E-state index in [0.29, 0.717) is 42.5 Å². The van der Waals surface area contributed by atoms with E-state index in [1.165, 1.54) is 42.5 Å². The zero-order valence-electron chi connectivity index (χ0n) is 18.4. The Kier molecular flexibility index (Phi) is 6.91. The average Bonchev–Trinajstić information content (AvgIpc) is 3.11. The molecule has 1 aliphatic heterocycles. The number of nitrogens with one attached hydrogen (secondary N) is 2. The van der Waals surface area contributed by atoms with Crippen LogP contribution in [0.25, 0.3) is 10.9 Å². The van der Waals surface area contributed by atoms with Crippen molar-refractivity contribution in [2.45, 2.75) is 17.7 Å². The fraction of sp³-hybridized carbons (Fsp3) is 0.273. The number of aromatic amines is 1. The van der Waals surface area contributed by atoms with Gasteiger partial charge in [0.05, 0.1) is 17.0 Å². The minimum absolute atomic E-state index is 0.000878. The van der Waals surface area contributed by atoms with Crippen molar-refractivity contribution in [2.24, 2.45) is 21.3 Å². The van der Waals surface area contributed by atoms with Gasteiger partial charge < -0.3 is 15.4 Å². The van der Waals surface area contributed by atoms with Gasteiger partial charge in [0.2, 0.25) is 21.8 Å². The van der Waals surface area contributed by atoms with Gasteiger partial charge in [0.15, 0.2) is 5.69 Å². The van der Waals surface area contributed by atoms with E-state index < -0.39 is 21.7 Å². The number of primary sulfonamides is 1. The summed E-state index contributed by atoms with van der Waals surface area (Å²) in [5, 5.41) is 25.7. The Morgan fingerprint density at radius 2 is 1.86 bits per heavy atom. The van der Waals surface area contributed by atoms with E-state index in [9.17, 15) is 27.5 Å². The Balaban J connectivity index is 1.28. The number of carbonyl (C=O) groups excluding carboxylic acids is 2. The summed E-state index contributed by atoms with van der Waals surface area (Å²) in [7, 11) is -3.81. The van der Waals surface area contributed by atoms with E-state index in [-0.39, 0.29) is 34.8 Å². The number of rotatable bonds is 6. The maximum absolute atomic E-state index is 13.5. The number of nitrogens with zero attached hydrogens (tertiary/aromatic N) is 3. The lowest BCUT2D eigenvalue weighted by Gasteiger charge is -2.29. The highest BCUT2D eigenvalue weighted by molar-refractivity contribution is 7.89. The van der Waals surface area contributed by atoms with Crippen molar-refractivity contribution in [3.63, 3.8) is 0 Å². The van der Waals surface area contributed by atoms with Crippen LogP contribution in [0.3, 0.4) is 0 Å². The van der Waals surface area contributed by atoms with Crippen molar-refractivity contribution in [3.8, 4) is 5.88 Å². The number of amides is 2. The van der Waals surface area contributed by atoms with Gasteiger partial charge in [0.25, 0.3) is 5.91 Å². The summed E-state index contributed by atoms with van der Waals surface area (Å²) in [6.07, 6.45) is 0.950. The number of hydrogen-bond donors (Lipinski definition) is 4. The van der Waals surface area contributed by atoms with Gasteiger partial charge in [0, 0.05) is 17.0 Å². The predicted molar refractivity (Wildman–Crippen MR) is 125 cm³/mol. The van der Waals surface area contributed by atoms with E-state index in [1.54, 1.807) is 0 Å². The molecule has 0 spiro atoms. The molecular formula is C22H23FN6O5S. The number of nitrogens with two attached hydrogens (primary N) is 1. The molecular weight excluding hydrogens is 479 g/mol. The van der Waals surface area contributed by atoms with E-state index >= 15 is 0 Å². The molecule has 1 saturated heterocycles. The molecule has 0 saturated carbocycles. The fourth-order valence-corrected chi connectivity index (χ4v) is 4.40. The van der Waals surface area contributed by atoms with Crippen LogP contribution in [0.5, 0.6) is 5.88 Å². The first-order valence-electron chi connectivity index (χ1n) is 10.7. The lowest BCUT2D eigenvalue weighted by molar-refractivity contribution is -0.123. The Morgan fingerprint density at radius 3 is 2.51 bits per heavy atom. The number of piperidine rings is 1. The third kappa shape index (κ3) is 5.88. The number of H-pyrrole nitrogens is 1. The number of fused-ring (bicyclic) bond motifs is 1. The summed E-state index contributed by atoms with van der Waals surface area (Å²) >= 11 is 0. The summed E-state index contributed by atoms with van der Waals surface area (Å²) in [4.78, 5) is 29.3. The largest absolute Gasteiger partial charge is 0.493 e. The monoisotopic (exact) mass is 502 g/mol.